The number of unbranched alkanes of at least 4 members (excludes halogenated alkanes) is 1. The van der Waals surface area contributed by atoms with Crippen LogP contribution in [0.3, 0.4) is 0 Å². The Morgan fingerprint density at radius 1 is 0.891 bits per heavy atom. The van der Waals surface area contributed by atoms with E-state index in [1.807, 2.05) is 54.9 Å². The van der Waals surface area contributed by atoms with Crippen LogP contribution in [0, 0.1) is 11.8 Å². The molecule has 1 aliphatic heterocycles. The predicted molar refractivity (Wildman–Crippen MR) is 183 cm³/mol. The Kier molecular flexibility index (Phi) is 10.0. The highest BCUT2D eigenvalue weighted by Crippen LogP contribution is 2.30. The van der Waals surface area contributed by atoms with Crippen LogP contribution in [0.4, 0.5) is 0 Å². The minimum absolute atomic E-state index is 0.00794. The smallest absolute Gasteiger partial charge is 0.241 e. The van der Waals surface area contributed by atoms with Gasteiger partial charge in [-0.25, -0.2) is 9.97 Å². The highest BCUT2D eigenvalue weighted by atomic mass is 16.2. The van der Waals surface area contributed by atoms with Crippen molar-refractivity contribution in [3.05, 3.63) is 120 Å². The fourth-order valence-electron chi connectivity index (χ4n) is 5.98. The van der Waals surface area contributed by atoms with Crippen molar-refractivity contribution in [2.45, 2.75) is 44.2 Å². The largest absolute Gasteiger partial charge is 0.354 e. The van der Waals surface area contributed by atoms with Gasteiger partial charge in [0, 0.05) is 24.1 Å². The molecular weight excluding hydrogens is 570 g/mol. The molecule has 0 spiro atoms. The summed E-state index contributed by atoms with van der Waals surface area (Å²) in [6, 6.07) is 26.3. The lowest BCUT2D eigenvalue weighted by molar-refractivity contribution is -0.123. The number of carbonyl (C=O) groups excluding carboxylic acids is 1. The van der Waals surface area contributed by atoms with E-state index in [9.17, 15) is 4.79 Å². The van der Waals surface area contributed by atoms with E-state index in [-0.39, 0.29) is 11.9 Å². The number of likely N-dealkylation sites (N-methyl/N-ethyl adjacent to an activating group) is 1. The van der Waals surface area contributed by atoms with Crippen molar-refractivity contribution in [3.63, 3.8) is 0 Å². The number of imidazole rings is 2. The molecule has 0 radical (unpaired) electrons. The molecule has 3 aromatic carbocycles. The van der Waals surface area contributed by atoms with Gasteiger partial charge in [0.05, 0.1) is 29.8 Å². The van der Waals surface area contributed by atoms with Gasteiger partial charge in [-0.3, -0.25) is 9.69 Å². The first-order chi connectivity index (χ1) is 22.6. The van der Waals surface area contributed by atoms with Gasteiger partial charge in [0.15, 0.2) is 0 Å². The van der Waals surface area contributed by atoms with Crippen LogP contribution < -0.4 is 10.6 Å². The number of hydrogen-bond donors (Lipinski definition) is 4. The molecule has 2 unspecified atom stereocenters. The molecule has 5 aromatic rings. The van der Waals surface area contributed by atoms with E-state index in [2.05, 4.69) is 90.8 Å². The van der Waals surface area contributed by atoms with Crippen molar-refractivity contribution in [1.82, 2.24) is 35.5 Å². The van der Waals surface area contributed by atoms with E-state index in [0.717, 1.165) is 83.1 Å². The molecular formula is C38H41N7O. The Morgan fingerprint density at radius 3 is 2.17 bits per heavy atom. The molecule has 4 N–H and O–H groups in total. The second kappa shape index (κ2) is 14.9. The Hall–Kier alpha value is -4.97. The maximum absolute atomic E-state index is 12.6. The van der Waals surface area contributed by atoms with Gasteiger partial charge in [0.1, 0.15) is 17.7 Å². The average molecular weight is 612 g/mol. The van der Waals surface area contributed by atoms with Crippen LogP contribution in [-0.2, 0) is 11.2 Å². The molecule has 1 fully saturated rings. The average Bonchev–Trinajstić information content (AvgIpc) is 3.87. The molecule has 234 valence electrons. The SMILES string of the molecule is CNC(C(=O)NCCCCc1ncc(-c2ccc(C#Cc3ccc(-c4cnc(C5CCCN5C)[nH]4)cc3)cc2)[nH]1)c1ccccc1. The Balaban J connectivity index is 0.963. The van der Waals surface area contributed by atoms with Gasteiger partial charge in [-0.1, -0.05) is 66.4 Å². The molecule has 1 saturated heterocycles. The maximum Gasteiger partial charge on any atom is 0.241 e. The second-order valence-corrected chi connectivity index (χ2v) is 11.8. The molecule has 46 heavy (non-hydrogen) atoms. The van der Waals surface area contributed by atoms with Crippen molar-refractivity contribution in [1.29, 1.82) is 0 Å². The first kappa shape index (κ1) is 31.0. The molecule has 8 heteroatoms. The molecule has 6 rings (SSSR count). The summed E-state index contributed by atoms with van der Waals surface area (Å²) in [7, 11) is 3.97. The first-order valence-corrected chi connectivity index (χ1v) is 16.1. The Morgan fingerprint density at radius 2 is 1.54 bits per heavy atom. The van der Waals surface area contributed by atoms with Gasteiger partial charge >= 0.3 is 0 Å². The summed E-state index contributed by atoms with van der Waals surface area (Å²) in [6.07, 6.45) is 8.82. The molecule has 1 aliphatic rings. The summed E-state index contributed by atoms with van der Waals surface area (Å²) in [5.74, 6) is 8.56. The predicted octanol–water partition coefficient (Wildman–Crippen LogP) is 6.03. The standard InChI is InChI=1S/C38H41N7O/c1-39-36(31-9-4-3-5-10-31)38(46)40-23-7-6-12-35-41-25-32(43-35)29-19-15-27(16-20-29)13-14-28-17-21-30(22-18-28)33-26-42-37(44-33)34-11-8-24-45(34)2/h3-5,9-10,15-22,25-26,34,36,39H,6-8,11-12,23-24H2,1-2H3,(H,40,46)(H,41,43)(H,42,44). The van der Waals surface area contributed by atoms with Gasteiger partial charge < -0.3 is 20.6 Å². The molecule has 1 amide bonds. The number of aromatic amines is 2. The number of rotatable bonds is 11. The van der Waals surface area contributed by atoms with Gasteiger partial charge in [0.25, 0.3) is 0 Å². The summed E-state index contributed by atoms with van der Waals surface area (Å²) in [5.41, 5.74) is 7.10. The minimum Gasteiger partial charge on any atom is -0.354 e. The molecule has 0 bridgehead atoms. The molecule has 8 nitrogen and oxygen atoms in total. The lowest BCUT2D eigenvalue weighted by atomic mass is 10.1. The number of nitrogens with zero attached hydrogens (tertiary/aromatic N) is 3. The number of hydrogen-bond acceptors (Lipinski definition) is 5. The third-order valence-electron chi connectivity index (χ3n) is 8.63. The number of amides is 1. The van der Waals surface area contributed by atoms with Crippen molar-refractivity contribution >= 4 is 5.91 Å². The topological polar surface area (TPSA) is 102 Å². The van der Waals surface area contributed by atoms with Gasteiger partial charge in [-0.15, -0.1) is 0 Å². The molecule has 2 atom stereocenters. The van der Waals surface area contributed by atoms with Gasteiger partial charge in [0.2, 0.25) is 5.91 Å². The number of carbonyl (C=O) groups is 1. The Bertz CT molecular complexity index is 1780. The van der Waals surface area contributed by atoms with E-state index >= 15 is 0 Å². The molecule has 2 aromatic heterocycles. The van der Waals surface area contributed by atoms with Crippen molar-refractivity contribution in [2.75, 3.05) is 27.2 Å². The molecule has 0 aliphatic carbocycles. The van der Waals surface area contributed by atoms with E-state index < -0.39 is 0 Å². The van der Waals surface area contributed by atoms with Crippen LogP contribution >= 0.6 is 0 Å². The van der Waals surface area contributed by atoms with E-state index in [1.165, 1.54) is 6.42 Å². The number of aromatic nitrogens is 4. The third-order valence-corrected chi connectivity index (χ3v) is 8.63. The van der Waals surface area contributed by atoms with E-state index in [0.29, 0.717) is 12.6 Å². The van der Waals surface area contributed by atoms with Gasteiger partial charge in [-0.05, 0) is 87.3 Å². The second-order valence-electron chi connectivity index (χ2n) is 11.8. The van der Waals surface area contributed by atoms with E-state index in [1.54, 1.807) is 7.05 Å². The number of H-pyrrole nitrogens is 2. The third kappa shape index (κ3) is 7.63. The fourth-order valence-corrected chi connectivity index (χ4v) is 5.98. The number of nitrogens with one attached hydrogen (secondary N) is 4. The van der Waals surface area contributed by atoms with E-state index in [4.69, 9.17) is 0 Å². The maximum atomic E-state index is 12.6. The summed E-state index contributed by atoms with van der Waals surface area (Å²) < 4.78 is 0. The minimum atomic E-state index is -0.344. The first-order valence-electron chi connectivity index (χ1n) is 16.1. The van der Waals surface area contributed by atoms with Crippen molar-refractivity contribution in [2.24, 2.45) is 0 Å². The summed E-state index contributed by atoms with van der Waals surface area (Å²) in [6.45, 7) is 1.76. The lowest BCUT2D eigenvalue weighted by Crippen LogP contribution is -2.36. The van der Waals surface area contributed by atoms with Crippen LogP contribution in [0.15, 0.2) is 91.3 Å². The highest BCUT2D eigenvalue weighted by Gasteiger charge is 2.25. The van der Waals surface area contributed by atoms with Crippen LogP contribution in [-0.4, -0.2) is 57.9 Å². The molecule has 0 saturated carbocycles. The lowest BCUT2D eigenvalue weighted by Gasteiger charge is -2.16. The summed E-state index contributed by atoms with van der Waals surface area (Å²) in [4.78, 5) is 31.1. The van der Waals surface area contributed by atoms with Crippen LogP contribution in [0.25, 0.3) is 22.5 Å². The highest BCUT2D eigenvalue weighted by molar-refractivity contribution is 5.83. The summed E-state index contributed by atoms with van der Waals surface area (Å²) in [5, 5.41) is 6.15. The van der Waals surface area contributed by atoms with Crippen LogP contribution in [0.5, 0.6) is 0 Å². The van der Waals surface area contributed by atoms with Crippen LogP contribution in [0.1, 0.15) is 66.1 Å². The zero-order valence-electron chi connectivity index (χ0n) is 26.5. The van der Waals surface area contributed by atoms with Gasteiger partial charge in [-0.2, -0.15) is 0 Å². The number of benzene rings is 3. The van der Waals surface area contributed by atoms with Crippen LogP contribution in [0.2, 0.25) is 0 Å². The van der Waals surface area contributed by atoms with Crippen molar-refractivity contribution < 1.29 is 4.79 Å². The number of aryl methyl sites for hydroxylation is 1. The zero-order chi connectivity index (χ0) is 31.7. The Labute approximate surface area is 271 Å². The quantitative estimate of drug-likeness (QED) is 0.108. The number of likely N-dealkylation sites (tertiary alicyclic amines) is 1. The zero-order valence-corrected chi connectivity index (χ0v) is 26.5. The van der Waals surface area contributed by atoms with Crippen molar-refractivity contribution in [3.8, 4) is 34.4 Å². The molecule has 3 heterocycles. The normalized spacial score (nSPS) is 15.3. The fraction of sp³-hybridized carbons (Fsp3) is 0.289. The monoisotopic (exact) mass is 611 g/mol. The summed E-state index contributed by atoms with van der Waals surface area (Å²) >= 11 is 0.